The fraction of sp³-hybridized carbons (Fsp3) is 0.857. The van der Waals surface area contributed by atoms with Crippen molar-refractivity contribution in [2.75, 3.05) is 19.6 Å². The number of amides is 1. The number of hydrogen-bond acceptors (Lipinski definition) is 3. The first kappa shape index (κ1) is 11.4. The van der Waals surface area contributed by atoms with Crippen molar-refractivity contribution in [3.8, 4) is 0 Å². The van der Waals surface area contributed by atoms with E-state index in [2.05, 4.69) is 4.72 Å². The molecule has 0 aromatic heterocycles. The Hall–Kier alpha value is -0.660. The third-order valence-electron chi connectivity index (χ3n) is 2.10. The molecule has 0 saturated carbocycles. The van der Waals surface area contributed by atoms with Gasteiger partial charge in [0.05, 0.1) is 0 Å². The van der Waals surface area contributed by atoms with Crippen molar-refractivity contribution in [3.05, 3.63) is 0 Å². The summed E-state index contributed by atoms with van der Waals surface area (Å²) in [5.74, 6) is -0.0151. The van der Waals surface area contributed by atoms with E-state index in [0.717, 1.165) is 25.9 Å². The molecule has 82 valence electrons. The molecule has 6 nitrogen and oxygen atoms in total. The Morgan fingerprint density at radius 1 is 1.36 bits per heavy atom. The van der Waals surface area contributed by atoms with E-state index in [9.17, 15) is 13.2 Å². The lowest BCUT2D eigenvalue weighted by Gasteiger charge is -2.14. The largest absolute Gasteiger partial charge is 0.343 e. The van der Waals surface area contributed by atoms with Crippen LogP contribution in [0, 0.1) is 0 Å². The van der Waals surface area contributed by atoms with E-state index >= 15 is 0 Å². The molecule has 0 aromatic carbocycles. The van der Waals surface area contributed by atoms with Crippen LogP contribution in [0.15, 0.2) is 0 Å². The first-order valence-corrected chi connectivity index (χ1v) is 6.09. The average molecular weight is 221 g/mol. The second-order valence-corrected chi connectivity index (χ2v) is 4.66. The molecule has 0 spiro atoms. The molecule has 1 aliphatic heterocycles. The highest BCUT2D eigenvalue weighted by molar-refractivity contribution is 7.87. The summed E-state index contributed by atoms with van der Waals surface area (Å²) in [6.07, 6.45) is 2.25. The van der Waals surface area contributed by atoms with Crippen molar-refractivity contribution >= 4 is 16.1 Å². The highest BCUT2D eigenvalue weighted by Gasteiger charge is 2.17. The molecule has 0 aromatic rings. The van der Waals surface area contributed by atoms with Crippen LogP contribution in [-0.2, 0) is 15.0 Å². The minimum Gasteiger partial charge on any atom is -0.343 e. The monoisotopic (exact) mass is 221 g/mol. The Bertz CT molecular complexity index is 295. The van der Waals surface area contributed by atoms with Crippen LogP contribution in [0.25, 0.3) is 0 Å². The van der Waals surface area contributed by atoms with E-state index < -0.39 is 10.2 Å². The van der Waals surface area contributed by atoms with Gasteiger partial charge in [0.2, 0.25) is 5.91 Å². The van der Waals surface area contributed by atoms with Crippen molar-refractivity contribution in [1.29, 1.82) is 0 Å². The number of nitrogens with zero attached hydrogens (tertiary/aromatic N) is 1. The smallest absolute Gasteiger partial charge is 0.274 e. The van der Waals surface area contributed by atoms with Gasteiger partial charge in [-0.2, -0.15) is 8.42 Å². The van der Waals surface area contributed by atoms with Gasteiger partial charge in [-0.15, -0.1) is 0 Å². The van der Waals surface area contributed by atoms with E-state index in [-0.39, 0.29) is 18.9 Å². The van der Waals surface area contributed by atoms with Crippen molar-refractivity contribution in [1.82, 2.24) is 9.62 Å². The fourth-order valence-electron chi connectivity index (χ4n) is 1.42. The second kappa shape index (κ2) is 4.72. The molecule has 3 N–H and O–H groups in total. The zero-order valence-electron chi connectivity index (χ0n) is 7.90. The molecule has 1 amide bonds. The van der Waals surface area contributed by atoms with E-state index in [0.29, 0.717) is 0 Å². The van der Waals surface area contributed by atoms with Gasteiger partial charge in [0, 0.05) is 26.1 Å². The third kappa shape index (κ3) is 4.03. The van der Waals surface area contributed by atoms with Crippen molar-refractivity contribution in [2.45, 2.75) is 19.3 Å². The molecule has 0 atom stereocenters. The first-order valence-electron chi connectivity index (χ1n) is 4.54. The normalized spacial score (nSPS) is 17.4. The standard InChI is InChI=1S/C7H15N3O3S/c8-14(12,13)9-4-3-7(11)10-5-1-2-6-10/h9H,1-6H2,(H2,8,12,13). The van der Waals surface area contributed by atoms with Crippen LogP contribution in [0.4, 0.5) is 0 Å². The van der Waals surface area contributed by atoms with Gasteiger partial charge in [0.1, 0.15) is 0 Å². The Balaban J connectivity index is 2.21. The summed E-state index contributed by atoms with van der Waals surface area (Å²) >= 11 is 0. The second-order valence-electron chi connectivity index (χ2n) is 3.28. The molecule has 1 aliphatic rings. The lowest BCUT2D eigenvalue weighted by Crippen LogP contribution is -2.35. The van der Waals surface area contributed by atoms with Gasteiger partial charge >= 0.3 is 0 Å². The van der Waals surface area contributed by atoms with E-state index in [1.165, 1.54) is 0 Å². The number of hydrogen-bond donors (Lipinski definition) is 2. The predicted molar refractivity (Wildman–Crippen MR) is 51.5 cm³/mol. The maximum atomic E-state index is 11.4. The molecule has 1 rings (SSSR count). The van der Waals surface area contributed by atoms with Crippen molar-refractivity contribution in [3.63, 3.8) is 0 Å². The maximum Gasteiger partial charge on any atom is 0.274 e. The summed E-state index contributed by atoms with van der Waals surface area (Å²) in [6, 6.07) is 0. The number of likely N-dealkylation sites (tertiary alicyclic amines) is 1. The number of rotatable bonds is 4. The first-order chi connectivity index (χ1) is 6.49. The molecular weight excluding hydrogens is 206 g/mol. The summed E-state index contributed by atoms with van der Waals surface area (Å²) < 4.78 is 23.0. The molecule has 0 unspecified atom stereocenters. The third-order valence-corrected chi connectivity index (χ3v) is 2.71. The van der Waals surface area contributed by atoms with Gasteiger partial charge in [-0.3, -0.25) is 4.79 Å². The average Bonchev–Trinajstić information content (AvgIpc) is 2.53. The minimum atomic E-state index is -3.66. The molecular formula is C7H15N3O3S. The molecule has 1 heterocycles. The molecule has 14 heavy (non-hydrogen) atoms. The SMILES string of the molecule is NS(=O)(=O)NCCC(=O)N1CCCC1. The molecule has 0 aliphatic carbocycles. The molecule has 1 saturated heterocycles. The summed E-state index contributed by atoms with van der Waals surface area (Å²) in [4.78, 5) is 13.1. The zero-order chi connectivity index (χ0) is 10.6. The van der Waals surface area contributed by atoms with Crippen LogP contribution in [0.3, 0.4) is 0 Å². The molecule has 0 bridgehead atoms. The lowest BCUT2D eigenvalue weighted by atomic mass is 10.4. The molecule has 0 radical (unpaired) electrons. The topological polar surface area (TPSA) is 92.5 Å². The van der Waals surface area contributed by atoms with Crippen molar-refractivity contribution < 1.29 is 13.2 Å². The highest BCUT2D eigenvalue weighted by Crippen LogP contribution is 2.08. The quantitative estimate of drug-likeness (QED) is 0.624. The van der Waals surface area contributed by atoms with Crippen LogP contribution in [0.2, 0.25) is 0 Å². The summed E-state index contributed by atoms with van der Waals surface area (Å²) in [6.45, 7) is 1.65. The molecule has 1 fully saturated rings. The number of carbonyl (C=O) groups excluding carboxylic acids is 1. The summed E-state index contributed by atoms with van der Waals surface area (Å²) in [5.41, 5.74) is 0. The van der Waals surface area contributed by atoms with Gasteiger partial charge in [0.15, 0.2) is 0 Å². The minimum absolute atomic E-state index is 0.0151. The van der Waals surface area contributed by atoms with Crippen LogP contribution < -0.4 is 9.86 Å². The summed E-state index contributed by atoms with van der Waals surface area (Å²) in [7, 11) is -3.66. The zero-order valence-corrected chi connectivity index (χ0v) is 8.72. The van der Waals surface area contributed by atoms with Crippen molar-refractivity contribution in [2.24, 2.45) is 5.14 Å². The van der Waals surface area contributed by atoms with Crippen LogP contribution in [0.1, 0.15) is 19.3 Å². The van der Waals surface area contributed by atoms with Gasteiger partial charge in [0.25, 0.3) is 10.2 Å². The fourth-order valence-corrected chi connectivity index (χ4v) is 1.81. The Kier molecular flexibility index (Phi) is 3.85. The van der Waals surface area contributed by atoms with Gasteiger partial charge in [-0.25, -0.2) is 9.86 Å². The lowest BCUT2D eigenvalue weighted by molar-refractivity contribution is -0.129. The van der Waals surface area contributed by atoms with Gasteiger partial charge < -0.3 is 4.90 Å². The Morgan fingerprint density at radius 3 is 2.43 bits per heavy atom. The van der Waals surface area contributed by atoms with Gasteiger partial charge in [-0.05, 0) is 12.8 Å². The van der Waals surface area contributed by atoms with E-state index in [4.69, 9.17) is 5.14 Å². The van der Waals surface area contributed by atoms with Crippen LogP contribution in [-0.4, -0.2) is 38.9 Å². The summed E-state index contributed by atoms with van der Waals surface area (Å²) in [5, 5.41) is 4.71. The van der Waals surface area contributed by atoms with E-state index in [1.54, 1.807) is 4.90 Å². The predicted octanol–water partition coefficient (Wildman–Crippen LogP) is -1.21. The van der Waals surface area contributed by atoms with E-state index in [1.807, 2.05) is 0 Å². The number of nitrogens with one attached hydrogen (secondary N) is 1. The van der Waals surface area contributed by atoms with Gasteiger partial charge in [-0.1, -0.05) is 0 Å². The Labute approximate surface area is 83.6 Å². The molecule has 7 heteroatoms. The van der Waals surface area contributed by atoms with Crippen LogP contribution in [0.5, 0.6) is 0 Å². The maximum absolute atomic E-state index is 11.4. The highest BCUT2D eigenvalue weighted by atomic mass is 32.2. The Morgan fingerprint density at radius 2 is 1.93 bits per heavy atom. The number of carbonyl (C=O) groups is 1. The number of nitrogens with two attached hydrogens (primary N) is 1. The van der Waals surface area contributed by atoms with Crippen LogP contribution >= 0.6 is 0 Å².